The number of para-hydroxylation sites is 1. The summed E-state index contributed by atoms with van der Waals surface area (Å²) in [4.78, 5) is 45.7. The van der Waals surface area contributed by atoms with Gasteiger partial charge in [0.1, 0.15) is 5.54 Å². The zero-order valence-corrected chi connectivity index (χ0v) is 31.9. The van der Waals surface area contributed by atoms with E-state index in [9.17, 15) is 19.5 Å². The van der Waals surface area contributed by atoms with Crippen LogP contribution in [0.2, 0.25) is 0 Å². The number of likely N-dealkylation sites (tertiary alicyclic amines) is 1. The van der Waals surface area contributed by atoms with Gasteiger partial charge in [-0.15, -0.1) is 0 Å². The van der Waals surface area contributed by atoms with Crippen LogP contribution in [-0.2, 0) is 27.4 Å². The van der Waals surface area contributed by atoms with Crippen LogP contribution in [0.3, 0.4) is 0 Å². The molecule has 2 N–H and O–H groups in total. The third kappa shape index (κ3) is 6.82. The molecule has 4 aliphatic rings. The third-order valence-electron chi connectivity index (χ3n) is 12.4. The Labute approximate surface area is 332 Å². The van der Waals surface area contributed by atoms with Gasteiger partial charge in [0, 0.05) is 36.8 Å². The summed E-state index contributed by atoms with van der Waals surface area (Å²) in [6.07, 6.45) is 0.379. The molecule has 3 fully saturated rings. The molecule has 5 aromatic rings. The number of fused-ring (bicyclic) bond motifs is 1. The summed E-state index contributed by atoms with van der Waals surface area (Å²) in [6, 6.07) is 41.1. The number of aliphatic hydroxyl groups excluding tert-OH is 1. The van der Waals surface area contributed by atoms with E-state index in [2.05, 4.69) is 34.2 Å². The molecule has 3 amide bonds. The standard InChI is InChI=1S/C47H46N4O6/c1-31-41(28-49-25-23-47(24-26-49)46(55)48-30-51(47)37-10-3-2-4-11-37)56-45(57-42(31)34-17-15-32(29-52)16-18-34)35-21-19-33(20-22-35)38-12-6-5-9-36(38)27-50-43(53)39-13-7-8-14-40(39)44(50)54/h2-22,31,41-42,45,52H,23-30H2,1H3,(H,48,55)/t31-,41+,42+,45+/m1/s1. The quantitative estimate of drug-likeness (QED) is 0.157. The first-order chi connectivity index (χ1) is 27.8. The predicted octanol–water partition coefficient (Wildman–Crippen LogP) is 6.86. The first-order valence-corrected chi connectivity index (χ1v) is 19.8. The van der Waals surface area contributed by atoms with Crippen LogP contribution in [0.5, 0.6) is 0 Å². The predicted molar refractivity (Wildman–Crippen MR) is 216 cm³/mol. The summed E-state index contributed by atoms with van der Waals surface area (Å²) in [6.45, 7) is 5.05. The molecule has 0 radical (unpaired) electrons. The van der Waals surface area contributed by atoms with Crippen LogP contribution in [-0.4, -0.2) is 70.6 Å². The van der Waals surface area contributed by atoms with Crippen LogP contribution < -0.4 is 10.2 Å². The number of imide groups is 1. The van der Waals surface area contributed by atoms with E-state index in [1.807, 2.05) is 91.0 Å². The first-order valence-electron chi connectivity index (χ1n) is 19.8. The maximum Gasteiger partial charge on any atom is 0.261 e. The van der Waals surface area contributed by atoms with Crippen molar-refractivity contribution in [3.63, 3.8) is 0 Å². The maximum absolute atomic E-state index is 13.4. The lowest BCUT2D eigenvalue weighted by atomic mass is 9.84. The average Bonchev–Trinajstić information content (AvgIpc) is 3.70. The van der Waals surface area contributed by atoms with E-state index in [0.29, 0.717) is 24.3 Å². The van der Waals surface area contributed by atoms with E-state index in [-0.39, 0.29) is 49.0 Å². The molecule has 10 heteroatoms. The molecule has 0 bridgehead atoms. The van der Waals surface area contributed by atoms with Crippen molar-refractivity contribution in [2.75, 3.05) is 31.2 Å². The van der Waals surface area contributed by atoms with E-state index >= 15 is 0 Å². The summed E-state index contributed by atoms with van der Waals surface area (Å²) in [7, 11) is 0. The fourth-order valence-corrected chi connectivity index (χ4v) is 9.03. The number of aliphatic hydroxyl groups is 1. The Morgan fingerprint density at radius 3 is 2.00 bits per heavy atom. The molecule has 4 aliphatic heterocycles. The van der Waals surface area contributed by atoms with Gasteiger partial charge in [0.2, 0.25) is 5.91 Å². The fourth-order valence-electron chi connectivity index (χ4n) is 9.03. The number of amides is 3. The van der Waals surface area contributed by atoms with Gasteiger partial charge >= 0.3 is 0 Å². The number of carbonyl (C=O) groups is 3. The van der Waals surface area contributed by atoms with Crippen molar-refractivity contribution in [1.82, 2.24) is 15.1 Å². The van der Waals surface area contributed by atoms with Gasteiger partial charge in [-0.1, -0.05) is 110 Å². The SMILES string of the molecule is C[C@@H]1[C@H](CN2CCC3(CC2)C(=O)NCN3c2ccccc2)O[C@H](c2ccc(-c3ccccc3CN3C(=O)c4ccccc4C3=O)cc2)O[C@@H]1c1ccc(CO)cc1. The lowest BCUT2D eigenvalue weighted by molar-refractivity contribution is -0.276. The Kier molecular flexibility index (Phi) is 9.96. The molecule has 4 atom stereocenters. The molecule has 0 aliphatic carbocycles. The van der Waals surface area contributed by atoms with Crippen LogP contribution in [0.15, 0.2) is 127 Å². The number of hydrogen-bond acceptors (Lipinski definition) is 8. The minimum absolute atomic E-state index is 0.0148. The molecule has 9 rings (SSSR count). The molecule has 4 heterocycles. The van der Waals surface area contributed by atoms with Gasteiger partial charge < -0.3 is 29.7 Å². The number of carbonyl (C=O) groups excluding carboxylic acids is 3. The van der Waals surface area contributed by atoms with Crippen molar-refractivity contribution in [3.8, 4) is 11.1 Å². The number of anilines is 1. The average molecular weight is 763 g/mol. The highest BCUT2D eigenvalue weighted by molar-refractivity contribution is 6.21. The normalized spacial score (nSPS) is 23.2. The van der Waals surface area contributed by atoms with Gasteiger partial charge in [-0.25, -0.2) is 0 Å². The Morgan fingerprint density at radius 2 is 1.33 bits per heavy atom. The molecule has 290 valence electrons. The van der Waals surface area contributed by atoms with E-state index in [1.165, 1.54) is 4.90 Å². The molecular weight excluding hydrogens is 717 g/mol. The van der Waals surface area contributed by atoms with Crippen molar-refractivity contribution >= 4 is 23.4 Å². The number of ether oxygens (including phenoxy) is 2. The summed E-state index contributed by atoms with van der Waals surface area (Å²) in [5.74, 6) is -0.443. The number of nitrogens with zero attached hydrogens (tertiary/aromatic N) is 3. The summed E-state index contributed by atoms with van der Waals surface area (Å²) in [5.41, 5.74) is 6.86. The maximum atomic E-state index is 13.4. The summed E-state index contributed by atoms with van der Waals surface area (Å²) >= 11 is 0. The van der Waals surface area contributed by atoms with E-state index < -0.39 is 11.8 Å². The van der Waals surface area contributed by atoms with Crippen LogP contribution >= 0.6 is 0 Å². The first kappa shape index (κ1) is 37.0. The molecule has 0 aromatic heterocycles. The highest BCUT2D eigenvalue weighted by Gasteiger charge is 2.51. The van der Waals surface area contributed by atoms with Gasteiger partial charge in [-0.05, 0) is 64.9 Å². The Bertz CT molecular complexity index is 2240. The van der Waals surface area contributed by atoms with Crippen molar-refractivity contribution in [2.45, 2.75) is 57.0 Å². The second-order valence-electron chi connectivity index (χ2n) is 15.6. The number of nitrogens with one attached hydrogen (secondary N) is 1. The highest BCUT2D eigenvalue weighted by atomic mass is 16.7. The number of rotatable bonds is 9. The van der Waals surface area contributed by atoms with Gasteiger partial charge in [0.15, 0.2) is 6.29 Å². The topological polar surface area (TPSA) is 112 Å². The molecule has 57 heavy (non-hydrogen) atoms. The lowest BCUT2D eigenvalue weighted by Crippen LogP contribution is -2.57. The van der Waals surface area contributed by atoms with Crippen LogP contribution in [0.1, 0.15) is 75.1 Å². The Hall–Kier alpha value is -5.65. The van der Waals surface area contributed by atoms with Gasteiger partial charge in [-0.2, -0.15) is 0 Å². The van der Waals surface area contributed by atoms with Crippen molar-refractivity contribution in [2.24, 2.45) is 5.92 Å². The number of benzene rings is 5. The number of hydrogen-bond donors (Lipinski definition) is 2. The zero-order chi connectivity index (χ0) is 39.1. The van der Waals surface area contributed by atoms with Gasteiger partial charge in [0.25, 0.3) is 11.8 Å². The van der Waals surface area contributed by atoms with E-state index in [4.69, 9.17) is 9.47 Å². The highest BCUT2D eigenvalue weighted by Crippen LogP contribution is 2.43. The summed E-state index contributed by atoms with van der Waals surface area (Å²) in [5, 5.41) is 12.8. The van der Waals surface area contributed by atoms with Gasteiger partial charge in [-0.3, -0.25) is 19.3 Å². The van der Waals surface area contributed by atoms with Crippen molar-refractivity contribution in [3.05, 3.63) is 161 Å². The molecule has 1 spiro atoms. The molecular formula is C47H46N4O6. The second-order valence-corrected chi connectivity index (χ2v) is 15.6. The molecule has 10 nitrogen and oxygen atoms in total. The van der Waals surface area contributed by atoms with E-state index in [1.54, 1.807) is 24.3 Å². The minimum atomic E-state index is -0.637. The van der Waals surface area contributed by atoms with Gasteiger partial charge in [0.05, 0.1) is 43.2 Å². The molecule has 5 aromatic carbocycles. The lowest BCUT2D eigenvalue weighted by Gasteiger charge is -2.46. The Balaban J connectivity index is 0.940. The molecule has 0 unspecified atom stereocenters. The smallest absolute Gasteiger partial charge is 0.261 e. The van der Waals surface area contributed by atoms with E-state index in [0.717, 1.165) is 65.0 Å². The zero-order valence-electron chi connectivity index (χ0n) is 31.9. The van der Waals surface area contributed by atoms with Crippen LogP contribution in [0, 0.1) is 5.92 Å². The monoisotopic (exact) mass is 762 g/mol. The second kappa shape index (κ2) is 15.4. The molecule has 3 saturated heterocycles. The van der Waals surface area contributed by atoms with Crippen molar-refractivity contribution in [1.29, 1.82) is 0 Å². The summed E-state index contributed by atoms with van der Waals surface area (Å²) < 4.78 is 13.6. The largest absolute Gasteiger partial charge is 0.392 e. The van der Waals surface area contributed by atoms with Crippen LogP contribution in [0.4, 0.5) is 5.69 Å². The molecule has 0 saturated carbocycles. The minimum Gasteiger partial charge on any atom is -0.392 e. The number of piperidine rings is 1. The third-order valence-corrected chi connectivity index (χ3v) is 12.4. The van der Waals surface area contributed by atoms with Crippen LogP contribution in [0.25, 0.3) is 11.1 Å². The fraction of sp³-hybridized carbons (Fsp3) is 0.298. The Morgan fingerprint density at radius 1 is 0.719 bits per heavy atom. The van der Waals surface area contributed by atoms with Crippen molar-refractivity contribution < 1.29 is 29.0 Å².